The maximum atomic E-state index is 10.6. The first-order chi connectivity index (χ1) is 7.66. The summed E-state index contributed by atoms with van der Waals surface area (Å²) in [7, 11) is 0. The van der Waals surface area contributed by atoms with E-state index < -0.39 is 4.92 Å². The van der Waals surface area contributed by atoms with Gasteiger partial charge < -0.3 is 0 Å². The second kappa shape index (κ2) is 4.19. The second-order valence-corrected chi connectivity index (χ2v) is 3.55. The molecule has 0 aliphatic heterocycles. The lowest BCUT2D eigenvalue weighted by molar-refractivity contribution is -0.384. The molecule has 1 aromatic heterocycles. The van der Waals surface area contributed by atoms with Gasteiger partial charge in [-0.05, 0) is 12.1 Å². The predicted octanol–water partition coefficient (Wildman–Crippen LogP) is 2.71. The van der Waals surface area contributed by atoms with Crippen LogP contribution >= 0.6 is 12.2 Å². The van der Waals surface area contributed by atoms with Crippen molar-refractivity contribution in [3.05, 3.63) is 51.2 Å². The lowest BCUT2D eigenvalue weighted by atomic mass is 10.1. The first-order valence-corrected chi connectivity index (χ1v) is 4.88. The molecule has 5 nitrogen and oxygen atoms in total. The Bertz CT molecular complexity index is 574. The van der Waals surface area contributed by atoms with E-state index in [0.29, 0.717) is 15.9 Å². The number of aromatic nitrogens is 2. The van der Waals surface area contributed by atoms with E-state index in [4.69, 9.17) is 12.2 Å². The van der Waals surface area contributed by atoms with E-state index >= 15 is 0 Å². The number of nitrogens with one attached hydrogen (secondary N) is 1. The molecule has 0 bridgehead atoms. The third kappa shape index (κ3) is 2.12. The average molecular weight is 233 g/mol. The summed E-state index contributed by atoms with van der Waals surface area (Å²) in [5.41, 5.74) is 1.35. The summed E-state index contributed by atoms with van der Waals surface area (Å²) in [6, 6.07) is 9.70. The van der Waals surface area contributed by atoms with Gasteiger partial charge in [0.15, 0.2) is 0 Å². The van der Waals surface area contributed by atoms with Crippen molar-refractivity contribution in [2.75, 3.05) is 0 Å². The smallest absolute Gasteiger partial charge is 0.267 e. The molecular formula is C10H7N3O2S. The van der Waals surface area contributed by atoms with Crippen LogP contribution in [0.3, 0.4) is 0 Å². The maximum Gasteiger partial charge on any atom is 0.270 e. The largest absolute Gasteiger partial charge is 0.270 e. The molecule has 0 atom stereocenters. The van der Waals surface area contributed by atoms with E-state index in [1.54, 1.807) is 24.3 Å². The highest BCUT2D eigenvalue weighted by atomic mass is 32.1. The van der Waals surface area contributed by atoms with Gasteiger partial charge in [-0.2, -0.15) is 5.10 Å². The van der Waals surface area contributed by atoms with Crippen LogP contribution in [-0.2, 0) is 0 Å². The SMILES string of the molecule is O=[N+]([O-])c1cccc(-c2ccc(=S)[nH]n2)c1. The Morgan fingerprint density at radius 3 is 2.75 bits per heavy atom. The van der Waals surface area contributed by atoms with Crippen molar-refractivity contribution in [2.24, 2.45) is 0 Å². The zero-order valence-corrected chi connectivity index (χ0v) is 8.90. The van der Waals surface area contributed by atoms with Crippen molar-refractivity contribution in [3.8, 4) is 11.3 Å². The van der Waals surface area contributed by atoms with Gasteiger partial charge >= 0.3 is 0 Å². The number of rotatable bonds is 2. The van der Waals surface area contributed by atoms with Crippen molar-refractivity contribution in [3.63, 3.8) is 0 Å². The molecular weight excluding hydrogens is 226 g/mol. The average Bonchev–Trinajstić information content (AvgIpc) is 2.30. The van der Waals surface area contributed by atoms with Crippen molar-refractivity contribution >= 4 is 17.9 Å². The Kier molecular flexibility index (Phi) is 2.74. The fraction of sp³-hybridized carbons (Fsp3) is 0. The zero-order chi connectivity index (χ0) is 11.5. The molecule has 0 aliphatic carbocycles. The van der Waals surface area contributed by atoms with Crippen LogP contribution in [0, 0.1) is 14.8 Å². The lowest BCUT2D eigenvalue weighted by Crippen LogP contribution is -1.90. The Labute approximate surface area is 95.9 Å². The molecule has 0 radical (unpaired) electrons. The summed E-state index contributed by atoms with van der Waals surface area (Å²) >= 11 is 4.86. The van der Waals surface area contributed by atoms with Gasteiger partial charge in [-0.25, -0.2) is 0 Å². The summed E-state index contributed by atoms with van der Waals surface area (Å²) in [6.07, 6.45) is 0. The standard InChI is InChI=1S/C10H7N3O2S/c14-13(15)8-3-1-2-7(6-8)9-4-5-10(16)12-11-9/h1-6H,(H,12,16). The number of nitro groups is 1. The van der Waals surface area contributed by atoms with Gasteiger partial charge in [-0.1, -0.05) is 24.4 Å². The van der Waals surface area contributed by atoms with Crippen LogP contribution in [0.5, 0.6) is 0 Å². The number of non-ortho nitro benzene ring substituents is 1. The predicted molar refractivity (Wildman–Crippen MR) is 61.5 cm³/mol. The van der Waals surface area contributed by atoms with Gasteiger partial charge in [-0.15, -0.1) is 0 Å². The number of hydrogen-bond acceptors (Lipinski definition) is 4. The van der Waals surface area contributed by atoms with Gasteiger partial charge in [0.05, 0.1) is 10.6 Å². The van der Waals surface area contributed by atoms with Crippen molar-refractivity contribution in [2.45, 2.75) is 0 Å². The summed E-state index contributed by atoms with van der Waals surface area (Å²) in [5.74, 6) is 0. The second-order valence-electron chi connectivity index (χ2n) is 3.11. The molecule has 6 heteroatoms. The number of benzene rings is 1. The van der Waals surface area contributed by atoms with E-state index in [0.717, 1.165) is 0 Å². The molecule has 0 amide bonds. The maximum absolute atomic E-state index is 10.6. The summed E-state index contributed by atoms with van der Waals surface area (Å²) in [4.78, 5) is 10.2. The number of H-pyrrole nitrogens is 1. The minimum absolute atomic E-state index is 0.0433. The number of hydrogen-bond donors (Lipinski definition) is 1. The Balaban J connectivity index is 2.48. The van der Waals surface area contributed by atoms with Gasteiger partial charge in [0.1, 0.15) is 4.64 Å². The first kappa shape index (κ1) is 10.4. The number of nitro benzene ring substituents is 1. The zero-order valence-electron chi connectivity index (χ0n) is 8.08. The molecule has 0 saturated carbocycles. The fourth-order valence-electron chi connectivity index (χ4n) is 1.28. The Hall–Kier alpha value is -2.08. The highest BCUT2D eigenvalue weighted by Gasteiger charge is 2.07. The van der Waals surface area contributed by atoms with E-state index in [9.17, 15) is 10.1 Å². The fourth-order valence-corrected chi connectivity index (χ4v) is 1.40. The number of nitrogens with zero attached hydrogens (tertiary/aromatic N) is 2. The van der Waals surface area contributed by atoms with Gasteiger partial charge in [0.2, 0.25) is 0 Å². The third-order valence-electron chi connectivity index (χ3n) is 2.03. The minimum atomic E-state index is -0.436. The molecule has 1 aromatic carbocycles. The topological polar surface area (TPSA) is 71.8 Å². The molecule has 1 heterocycles. The lowest BCUT2D eigenvalue weighted by Gasteiger charge is -1.99. The summed E-state index contributed by atoms with van der Waals surface area (Å²) < 4.78 is 0.522. The minimum Gasteiger partial charge on any atom is -0.267 e. The molecule has 0 fully saturated rings. The first-order valence-electron chi connectivity index (χ1n) is 4.47. The molecule has 0 saturated heterocycles. The molecule has 80 valence electrons. The normalized spacial score (nSPS) is 10.0. The molecule has 0 spiro atoms. The van der Waals surface area contributed by atoms with Gasteiger partial charge in [-0.3, -0.25) is 15.2 Å². The van der Waals surface area contributed by atoms with Crippen LogP contribution in [0.15, 0.2) is 36.4 Å². The Morgan fingerprint density at radius 2 is 2.12 bits per heavy atom. The highest BCUT2D eigenvalue weighted by molar-refractivity contribution is 7.71. The van der Waals surface area contributed by atoms with E-state index in [1.807, 2.05) is 0 Å². The van der Waals surface area contributed by atoms with Crippen LogP contribution < -0.4 is 0 Å². The van der Waals surface area contributed by atoms with Crippen molar-refractivity contribution in [1.82, 2.24) is 10.2 Å². The van der Waals surface area contributed by atoms with E-state index in [2.05, 4.69) is 10.2 Å². The van der Waals surface area contributed by atoms with Crippen LogP contribution in [0.4, 0.5) is 5.69 Å². The van der Waals surface area contributed by atoms with Crippen LogP contribution in [0.1, 0.15) is 0 Å². The molecule has 0 unspecified atom stereocenters. The highest BCUT2D eigenvalue weighted by Crippen LogP contribution is 2.21. The molecule has 2 aromatic rings. The van der Waals surface area contributed by atoms with Gasteiger partial charge in [0, 0.05) is 17.7 Å². The molecule has 2 rings (SSSR count). The molecule has 16 heavy (non-hydrogen) atoms. The monoisotopic (exact) mass is 233 g/mol. The van der Waals surface area contributed by atoms with Crippen molar-refractivity contribution < 1.29 is 4.92 Å². The molecule has 0 aliphatic rings. The quantitative estimate of drug-likeness (QED) is 0.491. The van der Waals surface area contributed by atoms with E-state index in [-0.39, 0.29) is 5.69 Å². The van der Waals surface area contributed by atoms with Crippen LogP contribution in [-0.4, -0.2) is 15.1 Å². The summed E-state index contributed by atoms with van der Waals surface area (Å²) in [5, 5.41) is 17.2. The van der Waals surface area contributed by atoms with E-state index in [1.165, 1.54) is 12.1 Å². The Morgan fingerprint density at radius 1 is 1.31 bits per heavy atom. The van der Waals surface area contributed by atoms with Crippen molar-refractivity contribution in [1.29, 1.82) is 0 Å². The number of aromatic amines is 1. The summed E-state index contributed by atoms with van der Waals surface area (Å²) in [6.45, 7) is 0. The third-order valence-corrected chi connectivity index (χ3v) is 2.26. The van der Waals surface area contributed by atoms with Crippen LogP contribution in [0.25, 0.3) is 11.3 Å². The molecule has 1 N–H and O–H groups in total. The van der Waals surface area contributed by atoms with Crippen LogP contribution in [0.2, 0.25) is 0 Å². The van der Waals surface area contributed by atoms with Gasteiger partial charge in [0.25, 0.3) is 5.69 Å².